The van der Waals surface area contributed by atoms with Crippen LogP contribution in [0.5, 0.6) is 5.75 Å². The van der Waals surface area contributed by atoms with Crippen LogP contribution in [0.1, 0.15) is 25.0 Å². The maximum atomic E-state index is 13.5. The van der Waals surface area contributed by atoms with E-state index in [1.54, 1.807) is 48.5 Å². The van der Waals surface area contributed by atoms with E-state index in [0.717, 1.165) is 4.90 Å². The number of imide groups is 1. The second kappa shape index (κ2) is 9.46. The molecule has 0 saturated heterocycles. The second-order valence-electron chi connectivity index (χ2n) is 7.86. The second-order valence-corrected chi connectivity index (χ2v) is 8.27. The lowest BCUT2D eigenvalue weighted by Gasteiger charge is -2.16. The molecule has 1 aliphatic heterocycles. The minimum atomic E-state index is -0.484. The number of carbonyl (C=O) groups excluding carboxylic acids is 2. The van der Waals surface area contributed by atoms with E-state index in [2.05, 4.69) is 5.32 Å². The van der Waals surface area contributed by atoms with Crippen LogP contribution in [0.2, 0.25) is 5.02 Å². The molecule has 0 radical (unpaired) electrons. The average molecular weight is 465 g/mol. The summed E-state index contributed by atoms with van der Waals surface area (Å²) in [7, 11) is 0. The van der Waals surface area contributed by atoms with Crippen LogP contribution in [0.15, 0.2) is 78.5 Å². The van der Waals surface area contributed by atoms with Gasteiger partial charge in [0.25, 0.3) is 11.8 Å². The molecule has 1 N–H and O–H groups in total. The predicted molar refractivity (Wildman–Crippen MR) is 126 cm³/mol. The zero-order valence-corrected chi connectivity index (χ0v) is 18.9. The number of rotatable bonds is 7. The highest BCUT2D eigenvalue weighted by atomic mass is 35.5. The molecule has 1 heterocycles. The summed E-state index contributed by atoms with van der Waals surface area (Å²) in [5, 5.41) is 3.54. The molecule has 5 nitrogen and oxygen atoms in total. The van der Waals surface area contributed by atoms with Gasteiger partial charge in [0.15, 0.2) is 0 Å². The molecule has 7 heteroatoms. The van der Waals surface area contributed by atoms with Gasteiger partial charge in [0.2, 0.25) is 0 Å². The van der Waals surface area contributed by atoms with Gasteiger partial charge in [0.1, 0.15) is 17.3 Å². The standard InChI is InChI=1S/C26H22ClFN2O3/c1-16(2)33-21-13-11-20(12-14-21)29-24-23(17-7-9-19(28)10-8-17)25(31)30(26(24)32)15-18-5-3-4-6-22(18)27/h3-14,16,29H,15H2,1-2H3. The highest BCUT2D eigenvalue weighted by Gasteiger charge is 2.39. The smallest absolute Gasteiger partial charge is 0.278 e. The molecule has 3 aromatic rings. The molecule has 0 unspecified atom stereocenters. The summed E-state index contributed by atoms with van der Waals surface area (Å²) in [6, 6.07) is 19.6. The number of anilines is 1. The number of hydrogen-bond donors (Lipinski definition) is 1. The average Bonchev–Trinajstić information content (AvgIpc) is 3.01. The Morgan fingerprint density at radius 3 is 2.24 bits per heavy atom. The van der Waals surface area contributed by atoms with Crippen molar-refractivity contribution < 1.29 is 18.7 Å². The van der Waals surface area contributed by atoms with E-state index in [-0.39, 0.29) is 23.9 Å². The fourth-order valence-corrected chi connectivity index (χ4v) is 3.75. The number of nitrogens with zero attached hydrogens (tertiary/aromatic N) is 1. The Kier molecular flexibility index (Phi) is 6.47. The van der Waals surface area contributed by atoms with E-state index in [0.29, 0.717) is 27.6 Å². The summed E-state index contributed by atoms with van der Waals surface area (Å²) < 4.78 is 19.2. The maximum Gasteiger partial charge on any atom is 0.278 e. The van der Waals surface area contributed by atoms with Crippen molar-refractivity contribution in [1.29, 1.82) is 0 Å². The monoisotopic (exact) mass is 464 g/mol. The SMILES string of the molecule is CC(C)Oc1ccc(NC2=C(c3ccc(F)cc3)C(=O)N(Cc3ccccc3Cl)C2=O)cc1. The lowest BCUT2D eigenvalue weighted by Crippen LogP contribution is -2.32. The lowest BCUT2D eigenvalue weighted by molar-refractivity contribution is -0.137. The van der Waals surface area contributed by atoms with Crippen molar-refractivity contribution in [3.05, 3.63) is 100 Å². The Morgan fingerprint density at radius 2 is 1.61 bits per heavy atom. The molecule has 3 aromatic carbocycles. The zero-order chi connectivity index (χ0) is 23.5. The van der Waals surface area contributed by atoms with Crippen LogP contribution >= 0.6 is 11.6 Å². The minimum Gasteiger partial charge on any atom is -0.491 e. The van der Waals surface area contributed by atoms with Crippen molar-refractivity contribution in [2.45, 2.75) is 26.5 Å². The maximum absolute atomic E-state index is 13.5. The number of halogens is 2. The third-order valence-electron chi connectivity index (χ3n) is 5.08. The van der Waals surface area contributed by atoms with Crippen LogP contribution in [0, 0.1) is 5.82 Å². The van der Waals surface area contributed by atoms with Gasteiger partial charge in [-0.15, -0.1) is 0 Å². The van der Waals surface area contributed by atoms with Crippen molar-refractivity contribution in [2.24, 2.45) is 0 Å². The molecule has 33 heavy (non-hydrogen) atoms. The lowest BCUT2D eigenvalue weighted by atomic mass is 10.0. The Balaban J connectivity index is 1.69. The molecule has 1 aliphatic rings. The third kappa shape index (κ3) is 4.91. The summed E-state index contributed by atoms with van der Waals surface area (Å²) in [6.07, 6.45) is 0.0315. The first-order chi connectivity index (χ1) is 15.8. The minimum absolute atomic E-state index is 0.0222. The van der Waals surface area contributed by atoms with Crippen molar-refractivity contribution in [3.8, 4) is 5.75 Å². The van der Waals surface area contributed by atoms with Gasteiger partial charge in [-0.1, -0.05) is 41.9 Å². The molecule has 0 bridgehead atoms. The quantitative estimate of drug-likeness (QED) is 0.458. The van der Waals surface area contributed by atoms with Gasteiger partial charge in [-0.2, -0.15) is 0 Å². The van der Waals surface area contributed by atoms with E-state index in [1.807, 2.05) is 13.8 Å². The molecular weight excluding hydrogens is 443 g/mol. The van der Waals surface area contributed by atoms with Crippen LogP contribution in [-0.2, 0) is 16.1 Å². The molecule has 2 amide bonds. The first-order valence-electron chi connectivity index (χ1n) is 10.5. The highest BCUT2D eigenvalue weighted by molar-refractivity contribution is 6.36. The molecule has 168 valence electrons. The Labute approximate surface area is 196 Å². The van der Waals surface area contributed by atoms with Crippen molar-refractivity contribution in [1.82, 2.24) is 4.90 Å². The summed E-state index contributed by atoms with van der Waals surface area (Å²) >= 11 is 6.25. The molecule has 0 aromatic heterocycles. The van der Waals surface area contributed by atoms with Gasteiger partial charge in [0.05, 0.1) is 18.2 Å². The fraction of sp³-hybridized carbons (Fsp3) is 0.154. The van der Waals surface area contributed by atoms with Crippen LogP contribution < -0.4 is 10.1 Å². The van der Waals surface area contributed by atoms with Crippen molar-refractivity contribution in [3.63, 3.8) is 0 Å². The summed E-state index contributed by atoms with van der Waals surface area (Å²) in [4.78, 5) is 27.8. The first kappa shape index (κ1) is 22.6. The van der Waals surface area contributed by atoms with Gasteiger partial charge in [-0.25, -0.2) is 4.39 Å². The number of amides is 2. The molecule has 0 fully saturated rings. The van der Waals surface area contributed by atoms with Gasteiger partial charge in [0, 0.05) is 10.7 Å². The van der Waals surface area contributed by atoms with Gasteiger partial charge in [-0.05, 0) is 67.4 Å². The van der Waals surface area contributed by atoms with E-state index in [4.69, 9.17) is 16.3 Å². The zero-order valence-electron chi connectivity index (χ0n) is 18.1. The number of nitrogens with one attached hydrogen (secondary N) is 1. The molecular formula is C26H22ClFN2O3. The highest BCUT2D eigenvalue weighted by Crippen LogP contribution is 2.33. The normalized spacial score (nSPS) is 13.8. The van der Waals surface area contributed by atoms with E-state index in [1.165, 1.54) is 24.3 Å². The van der Waals surface area contributed by atoms with Crippen LogP contribution in [0.3, 0.4) is 0 Å². The third-order valence-corrected chi connectivity index (χ3v) is 5.45. The summed E-state index contributed by atoms with van der Waals surface area (Å²) in [5.74, 6) is -0.702. The van der Waals surface area contributed by atoms with Gasteiger partial charge in [-0.3, -0.25) is 14.5 Å². The predicted octanol–water partition coefficient (Wildman–Crippen LogP) is 5.66. The van der Waals surface area contributed by atoms with Crippen LogP contribution in [0.25, 0.3) is 5.57 Å². The van der Waals surface area contributed by atoms with Crippen LogP contribution in [-0.4, -0.2) is 22.8 Å². The van der Waals surface area contributed by atoms with E-state index >= 15 is 0 Å². The largest absolute Gasteiger partial charge is 0.491 e. The molecule has 0 saturated carbocycles. The first-order valence-corrected chi connectivity index (χ1v) is 10.8. The number of ether oxygens (including phenoxy) is 1. The number of benzene rings is 3. The Morgan fingerprint density at radius 1 is 0.939 bits per heavy atom. The molecule has 0 aliphatic carbocycles. The fourth-order valence-electron chi connectivity index (χ4n) is 3.55. The summed E-state index contributed by atoms with van der Waals surface area (Å²) in [5.41, 5.74) is 2.00. The van der Waals surface area contributed by atoms with E-state index in [9.17, 15) is 14.0 Å². The Bertz CT molecular complexity index is 1220. The molecule has 0 spiro atoms. The number of carbonyl (C=O) groups is 2. The molecule has 4 rings (SSSR count). The summed E-state index contributed by atoms with van der Waals surface area (Å²) in [6.45, 7) is 3.89. The van der Waals surface area contributed by atoms with Crippen molar-refractivity contribution in [2.75, 3.05) is 5.32 Å². The topological polar surface area (TPSA) is 58.6 Å². The van der Waals surface area contributed by atoms with Gasteiger partial charge >= 0.3 is 0 Å². The van der Waals surface area contributed by atoms with E-state index < -0.39 is 17.6 Å². The van der Waals surface area contributed by atoms with Crippen LogP contribution in [0.4, 0.5) is 10.1 Å². The number of hydrogen-bond acceptors (Lipinski definition) is 4. The van der Waals surface area contributed by atoms with Crippen molar-refractivity contribution >= 4 is 34.7 Å². The molecule has 0 atom stereocenters. The van der Waals surface area contributed by atoms with Gasteiger partial charge < -0.3 is 10.1 Å². The Hall–Kier alpha value is -3.64.